The van der Waals surface area contributed by atoms with E-state index in [-0.39, 0.29) is 11.1 Å². The van der Waals surface area contributed by atoms with Crippen LogP contribution < -0.4 is 11.1 Å². The summed E-state index contributed by atoms with van der Waals surface area (Å²) in [6.07, 6.45) is 7.66. The average Bonchev–Trinajstić information content (AvgIpc) is 3.25. The molecule has 0 fully saturated rings. The smallest absolute Gasteiger partial charge is 0.279 e. The minimum Gasteiger partial charge on any atom is -0.284 e. The first kappa shape index (κ1) is 17.1. The van der Waals surface area contributed by atoms with E-state index < -0.39 is 0 Å². The van der Waals surface area contributed by atoms with Crippen LogP contribution in [0.15, 0.2) is 71.2 Å². The number of aryl methyl sites for hydroxylation is 2. The summed E-state index contributed by atoms with van der Waals surface area (Å²) in [6.45, 7) is 4.04. The van der Waals surface area contributed by atoms with Crippen molar-refractivity contribution < 1.29 is 0 Å². The van der Waals surface area contributed by atoms with Gasteiger partial charge in [0.2, 0.25) is 0 Å². The van der Waals surface area contributed by atoms with Gasteiger partial charge in [0, 0.05) is 29.7 Å². The Labute approximate surface area is 164 Å². The molecular formula is C21H16N6O2. The summed E-state index contributed by atoms with van der Waals surface area (Å²) in [5.41, 5.74) is 3.05. The van der Waals surface area contributed by atoms with E-state index in [4.69, 9.17) is 0 Å². The third kappa shape index (κ3) is 2.57. The third-order valence-corrected chi connectivity index (χ3v) is 5.21. The molecule has 0 bridgehead atoms. The van der Waals surface area contributed by atoms with Gasteiger partial charge in [-0.05, 0) is 49.2 Å². The molecule has 0 saturated carbocycles. The summed E-state index contributed by atoms with van der Waals surface area (Å²) in [5, 5.41) is 8.78. The summed E-state index contributed by atoms with van der Waals surface area (Å²) < 4.78 is 4.41. The lowest BCUT2D eigenvalue weighted by molar-refractivity contribution is 0.632. The summed E-state index contributed by atoms with van der Waals surface area (Å²) in [4.78, 5) is 30.7. The first-order valence-electron chi connectivity index (χ1n) is 9.03. The lowest BCUT2D eigenvalue weighted by Crippen LogP contribution is -2.25. The molecule has 0 aliphatic rings. The molecule has 4 heterocycles. The number of pyridine rings is 3. The van der Waals surface area contributed by atoms with Crippen molar-refractivity contribution in [2.45, 2.75) is 13.8 Å². The Morgan fingerprint density at radius 3 is 2.38 bits per heavy atom. The molecule has 0 radical (unpaired) electrons. The molecule has 29 heavy (non-hydrogen) atoms. The molecule has 142 valence electrons. The van der Waals surface area contributed by atoms with E-state index in [2.05, 4.69) is 15.2 Å². The Bertz CT molecular complexity index is 1510. The van der Waals surface area contributed by atoms with Crippen molar-refractivity contribution in [3.05, 3.63) is 93.4 Å². The Balaban J connectivity index is 1.82. The van der Waals surface area contributed by atoms with Gasteiger partial charge in [0.25, 0.3) is 11.1 Å². The SMILES string of the molecule is Cc1ccc(-n2ccc3ncc4c(=O)n(-n5cnnc5)ccc4c3c2=O)cc1C. The van der Waals surface area contributed by atoms with E-state index in [1.54, 1.807) is 29.1 Å². The van der Waals surface area contributed by atoms with Crippen molar-refractivity contribution in [3.8, 4) is 5.69 Å². The first-order valence-corrected chi connectivity index (χ1v) is 9.03. The van der Waals surface area contributed by atoms with Gasteiger partial charge >= 0.3 is 0 Å². The molecule has 1 aromatic carbocycles. The van der Waals surface area contributed by atoms with Crippen molar-refractivity contribution in [2.24, 2.45) is 0 Å². The standard InChI is InChI=1S/C21H16N6O2/c1-13-3-4-15(9-14(13)2)26-7-6-18-19(21(26)29)16-5-8-27(25-11-23-24-12-25)20(28)17(16)10-22-18/h3-12H,1-2H3. The molecule has 0 aliphatic heterocycles. The molecule has 4 aromatic heterocycles. The highest BCUT2D eigenvalue weighted by Gasteiger charge is 2.13. The maximum Gasteiger partial charge on any atom is 0.279 e. The van der Waals surface area contributed by atoms with Crippen LogP contribution in [-0.4, -0.2) is 29.1 Å². The average molecular weight is 384 g/mol. The molecule has 0 aliphatic carbocycles. The van der Waals surface area contributed by atoms with Crippen molar-refractivity contribution in [1.29, 1.82) is 0 Å². The molecule has 8 heteroatoms. The molecule has 8 nitrogen and oxygen atoms in total. The Morgan fingerprint density at radius 1 is 0.828 bits per heavy atom. The molecule has 5 rings (SSSR count). The maximum absolute atomic E-state index is 13.4. The number of fused-ring (bicyclic) bond motifs is 3. The van der Waals surface area contributed by atoms with Crippen molar-refractivity contribution in [1.82, 2.24) is 29.1 Å². The van der Waals surface area contributed by atoms with Gasteiger partial charge in [0.1, 0.15) is 12.7 Å². The van der Waals surface area contributed by atoms with Crippen LogP contribution in [0.1, 0.15) is 11.1 Å². The maximum atomic E-state index is 13.4. The zero-order valence-corrected chi connectivity index (χ0v) is 15.8. The topological polar surface area (TPSA) is 87.6 Å². The van der Waals surface area contributed by atoms with E-state index in [0.29, 0.717) is 21.7 Å². The second-order valence-corrected chi connectivity index (χ2v) is 6.91. The van der Waals surface area contributed by atoms with Gasteiger partial charge < -0.3 is 0 Å². The normalized spacial score (nSPS) is 11.4. The van der Waals surface area contributed by atoms with Crippen LogP contribution in [0, 0.1) is 13.8 Å². The number of nitrogens with zero attached hydrogens (tertiary/aromatic N) is 6. The molecular weight excluding hydrogens is 368 g/mol. The number of aromatic nitrogens is 6. The van der Waals surface area contributed by atoms with Crippen molar-refractivity contribution in [3.63, 3.8) is 0 Å². The molecule has 5 aromatic rings. The number of rotatable bonds is 2. The van der Waals surface area contributed by atoms with Gasteiger partial charge in [0.15, 0.2) is 0 Å². The zero-order valence-electron chi connectivity index (χ0n) is 15.8. The van der Waals surface area contributed by atoms with Gasteiger partial charge in [-0.15, -0.1) is 10.2 Å². The van der Waals surface area contributed by atoms with Crippen LogP contribution in [0.3, 0.4) is 0 Å². The molecule has 0 saturated heterocycles. The minimum atomic E-state index is -0.308. The highest BCUT2D eigenvalue weighted by molar-refractivity contribution is 6.04. The molecule has 0 spiro atoms. The van der Waals surface area contributed by atoms with Gasteiger partial charge in [0.05, 0.1) is 16.3 Å². The Morgan fingerprint density at radius 2 is 1.62 bits per heavy atom. The summed E-state index contributed by atoms with van der Waals surface area (Å²) in [7, 11) is 0. The molecule has 0 unspecified atom stereocenters. The van der Waals surface area contributed by atoms with Gasteiger partial charge in [-0.2, -0.15) is 0 Å². The van der Waals surface area contributed by atoms with Crippen LogP contribution in [0.4, 0.5) is 0 Å². The number of hydrogen-bond acceptors (Lipinski definition) is 5. The van der Waals surface area contributed by atoms with Crippen LogP contribution in [0.25, 0.3) is 27.4 Å². The fraction of sp³-hybridized carbons (Fsp3) is 0.0952. The van der Waals surface area contributed by atoms with E-state index in [0.717, 1.165) is 16.8 Å². The predicted molar refractivity (Wildman–Crippen MR) is 109 cm³/mol. The summed E-state index contributed by atoms with van der Waals surface area (Å²) >= 11 is 0. The highest BCUT2D eigenvalue weighted by Crippen LogP contribution is 2.20. The first-order chi connectivity index (χ1) is 14.0. The van der Waals surface area contributed by atoms with Crippen molar-refractivity contribution in [2.75, 3.05) is 0 Å². The second-order valence-electron chi connectivity index (χ2n) is 6.91. The monoisotopic (exact) mass is 384 g/mol. The Hall–Kier alpha value is -4.07. The van der Waals surface area contributed by atoms with E-state index in [1.807, 2.05) is 32.0 Å². The van der Waals surface area contributed by atoms with Gasteiger partial charge in [-0.3, -0.25) is 19.1 Å². The third-order valence-electron chi connectivity index (χ3n) is 5.21. The van der Waals surface area contributed by atoms with Crippen LogP contribution in [0.2, 0.25) is 0 Å². The van der Waals surface area contributed by atoms with E-state index in [1.165, 1.54) is 28.2 Å². The molecule has 0 atom stereocenters. The quantitative estimate of drug-likeness (QED) is 0.436. The number of hydrogen-bond donors (Lipinski definition) is 0. The van der Waals surface area contributed by atoms with Crippen LogP contribution in [0.5, 0.6) is 0 Å². The largest absolute Gasteiger partial charge is 0.284 e. The minimum absolute atomic E-state index is 0.217. The van der Waals surface area contributed by atoms with Crippen LogP contribution >= 0.6 is 0 Å². The summed E-state index contributed by atoms with van der Waals surface area (Å²) in [6, 6.07) is 9.40. The number of benzene rings is 1. The highest BCUT2D eigenvalue weighted by atomic mass is 16.1. The predicted octanol–water partition coefficient (Wildman–Crippen LogP) is 2.22. The lowest BCUT2D eigenvalue weighted by atomic mass is 10.1. The second kappa shape index (κ2) is 6.23. The van der Waals surface area contributed by atoms with Crippen LogP contribution in [-0.2, 0) is 0 Å². The van der Waals surface area contributed by atoms with Crippen molar-refractivity contribution >= 4 is 21.7 Å². The van der Waals surface area contributed by atoms with E-state index >= 15 is 0 Å². The lowest BCUT2D eigenvalue weighted by Gasteiger charge is -2.11. The van der Waals surface area contributed by atoms with E-state index in [9.17, 15) is 9.59 Å². The van der Waals surface area contributed by atoms with Gasteiger partial charge in [-0.25, -0.2) is 9.35 Å². The Kier molecular flexibility index (Phi) is 3.67. The zero-order chi connectivity index (χ0) is 20.1. The fourth-order valence-corrected chi connectivity index (χ4v) is 3.47. The van der Waals surface area contributed by atoms with Gasteiger partial charge in [-0.1, -0.05) is 6.07 Å². The summed E-state index contributed by atoms with van der Waals surface area (Å²) in [5.74, 6) is 0. The molecule has 0 amide bonds. The fourth-order valence-electron chi connectivity index (χ4n) is 3.47. The molecule has 0 N–H and O–H groups in total.